The molecule has 0 atom stereocenters. The van der Waals surface area contributed by atoms with Crippen molar-refractivity contribution in [2.75, 3.05) is 0 Å². The van der Waals surface area contributed by atoms with Gasteiger partial charge in [-0.1, -0.05) is 6.42 Å². The molecule has 3 heterocycles. The topological polar surface area (TPSA) is 112 Å². The number of fused-ring (bicyclic) bond motifs is 1. The molecule has 4 rings (SSSR count). The van der Waals surface area contributed by atoms with E-state index in [1.165, 1.54) is 11.3 Å². The van der Waals surface area contributed by atoms with Crippen LogP contribution in [0, 0.1) is 20.0 Å². The summed E-state index contributed by atoms with van der Waals surface area (Å²) < 4.78 is 8.19. The van der Waals surface area contributed by atoms with Crippen molar-refractivity contribution >= 4 is 41.3 Å². The third-order valence-electron chi connectivity index (χ3n) is 5.09. The molecule has 7 nitrogen and oxygen atoms in total. The molecule has 0 radical (unpaired) electrons. The third kappa shape index (κ3) is 4.79. The quantitative estimate of drug-likeness (QED) is 0.361. The normalized spacial score (nSPS) is 14.4. The van der Waals surface area contributed by atoms with Crippen LogP contribution in [0.15, 0.2) is 52.0 Å². The van der Waals surface area contributed by atoms with E-state index in [9.17, 15) is 9.90 Å². The lowest BCUT2D eigenvalue weighted by Crippen LogP contribution is -2.16. The van der Waals surface area contributed by atoms with Gasteiger partial charge in [-0.3, -0.25) is 14.4 Å². The Balaban J connectivity index is 1.60. The number of nitrogens with one attached hydrogen (secondary N) is 1. The van der Waals surface area contributed by atoms with E-state index in [1.807, 2.05) is 30.3 Å². The fraction of sp³-hybridized carbons (Fsp3) is 0.217. The lowest BCUT2D eigenvalue weighted by atomic mass is 10.1. The molecule has 0 amide bonds. The molecule has 0 fully saturated rings. The van der Waals surface area contributed by atoms with E-state index in [-0.39, 0.29) is 12.3 Å². The molecule has 0 spiro atoms. The highest BCUT2D eigenvalue weighted by Gasteiger charge is 2.10. The van der Waals surface area contributed by atoms with Gasteiger partial charge in [-0.15, -0.1) is 11.3 Å². The van der Waals surface area contributed by atoms with Crippen molar-refractivity contribution < 1.29 is 19.4 Å². The standard InChI is InChI=1S/C23H21N3O4S2/c24-17-9-10-25-18-7-5-14(12-16(17)18)19-8-6-15(30-19)13-20-22(29)26(23(31)32-20)11-3-1-2-4-21(27)28/h5-10,12-13,24,29H,1-4,11H2,(H,27,28). The van der Waals surface area contributed by atoms with Crippen LogP contribution in [0.5, 0.6) is 5.88 Å². The molecule has 0 bridgehead atoms. The molecule has 9 heteroatoms. The second kappa shape index (κ2) is 9.46. The van der Waals surface area contributed by atoms with Gasteiger partial charge in [0.05, 0.1) is 15.9 Å². The van der Waals surface area contributed by atoms with Gasteiger partial charge >= 0.3 is 5.97 Å². The van der Waals surface area contributed by atoms with Crippen LogP contribution >= 0.6 is 23.6 Å². The minimum Gasteiger partial charge on any atom is -0.493 e. The molecular weight excluding hydrogens is 446 g/mol. The van der Waals surface area contributed by atoms with E-state index < -0.39 is 5.97 Å². The van der Waals surface area contributed by atoms with Gasteiger partial charge in [-0.05, 0) is 61.5 Å². The van der Waals surface area contributed by atoms with Crippen molar-refractivity contribution in [1.29, 1.82) is 5.41 Å². The van der Waals surface area contributed by atoms with Gasteiger partial charge in [-0.25, -0.2) is 0 Å². The highest BCUT2D eigenvalue weighted by atomic mass is 32.1. The third-order valence-corrected chi connectivity index (χ3v) is 6.48. The Morgan fingerprint density at radius 2 is 2.09 bits per heavy atom. The molecule has 3 aromatic rings. The SMILES string of the molecule is N=C1C=CN=c2ccc(=c3ccc(=Cc4sc(=S)n(CCCCCC(=O)O)c4O)o3)cc21. The number of aromatic hydroxyl groups is 1. The van der Waals surface area contributed by atoms with Crippen LogP contribution in [0.3, 0.4) is 0 Å². The van der Waals surface area contributed by atoms with Crippen LogP contribution in [0.1, 0.15) is 36.1 Å². The zero-order valence-electron chi connectivity index (χ0n) is 17.1. The summed E-state index contributed by atoms with van der Waals surface area (Å²) in [4.78, 5) is 15.5. The maximum atomic E-state index is 10.6. The highest BCUT2D eigenvalue weighted by molar-refractivity contribution is 7.73. The highest BCUT2D eigenvalue weighted by Crippen LogP contribution is 2.27. The van der Waals surface area contributed by atoms with Crippen molar-refractivity contribution in [1.82, 2.24) is 4.57 Å². The Morgan fingerprint density at radius 1 is 1.25 bits per heavy atom. The zero-order chi connectivity index (χ0) is 22.7. The summed E-state index contributed by atoms with van der Waals surface area (Å²) in [5.41, 5.74) is 2.40. The van der Waals surface area contributed by atoms with Crippen LogP contribution in [0.25, 0.3) is 6.08 Å². The van der Waals surface area contributed by atoms with Gasteiger partial charge in [-0.2, -0.15) is 0 Å². The molecule has 0 unspecified atom stereocenters. The van der Waals surface area contributed by atoms with Crippen LogP contribution in [-0.2, 0) is 11.3 Å². The number of furan rings is 1. The first kappa shape index (κ1) is 21.9. The van der Waals surface area contributed by atoms with E-state index in [0.29, 0.717) is 38.3 Å². The number of rotatable bonds is 7. The van der Waals surface area contributed by atoms with Crippen molar-refractivity contribution in [3.8, 4) is 5.88 Å². The second-order valence-electron chi connectivity index (χ2n) is 7.35. The Morgan fingerprint density at radius 3 is 2.91 bits per heavy atom. The van der Waals surface area contributed by atoms with E-state index >= 15 is 0 Å². The first-order chi connectivity index (χ1) is 15.4. The van der Waals surface area contributed by atoms with E-state index in [0.717, 1.165) is 29.0 Å². The number of carboxylic acid groups (broad SMARTS) is 1. The number of carboxylic acids is 1. The molecule has 164 valence electrons. The number of aromatic nitrogens is 1. The van der Waals surface area contributed by atoms with Gasteiger partial charge in [0.15, 0.2) is 3.95 Å². The van der Waals surface area contributed by atoms with Crippen LogP contribution in [0.4, 0.5) is 0 Å². The number of aliphatic carboxylic acids is 1. The van der Waals surface area contributed by atoms with Gasteiger partial charge in [0, 0.05) is 36.0 Å². The fourth-order valence-corrected chi connectivity index (χ4v) is 4.74. The first-order valence-electron chi connectivity index (χ1n) is 10.1. The lowest BCUT2D eigenvalue weighted by Gasteiger charge is -2.04. The van der Waals surface area contributed by atoms with E-state index in [1.54, 1.807) is 22.9 Å². The molecule has 1 aliphatic heterocycles. The predicted octanol–water partition coefficient (Wildman–Crippen LogP) is 3.85. The summed E-state index contributed by atoms with van der Waals surface area (Å²) in [7, 11) is 0. The molecule has 1 aliphatic rings. The minimum absolute atomic E-state index is 0.0896. The maximum Gasteiger partial charge on any atom is 0.303 e. The molecule has 0 aliphatic carbocycles. The van der Waals surface area contributed by atoms with Gasteiger partial charge < -0.3 is 20.0 Å². The predicted molar refractivity (Wildman–Crippen MR) is 124 cm³/mol. The molecule has 32 heavy (non-hydrogen) atoms. The summed E-state index contributed by atoms with van der Waals surface area (Å²) in [6, 6.07) is 9.32. The molecule has 0 saturated heterocycles. The smallest absolute Gasteiger partial charge is 0.303 e. The van der Waals surface area contributed by atoms with Crippen molar-refractivity contribution in [3.63, 3.8) is 0 Å². The number of hydrogen-bond acceptors (Lipinski definition) is 7. The van der Waals surface area contributed by atoms with Crippen molar-refractivity contribution in [3.05, 3.63) is 78.4 Å². The average Bonchev–Trinajstić information content (AvgIpc) is 3.33. The molecular formula is C23H21N3O4S2. The number of thiazole rings is 1. The number of carbonyl (C=O) groups is 1. The lowest BCUT2D eigenvalue weighted by molar-refractivity contribution is -0.137. The Labute approximate surface area is 192 Å². The summed E-state index contributed by atoms with van der Waals surface area (Å²) in [5.74, 6) is -0.706. The minimum atomic E-state index is -0.796. The second-order valence-corrected chi connectivity index (χ2v) is 9.02. The van der Waals surface area contributed by atoms with Crippen LogP contribution in [-0.4, -0.2) is 26.5 Å². The fourth-order valence-electron chi connectivity index (χ4n) is 3.44. The van der Waals surface area contributed by atoms with Gasteiger partial charge in [0.25, 0.3) is 0 Å². The van der Waals surface area contributed by atoms with Crippen LogP contribution in [0.2, 0.25) is 0 Å². The number of nitrogens with zero attached hydrogens (tertiary/aromatic N) is 2. The molecule has 0 saturated carbocycles. The summed E-state index contributed by atoms with van der Waals surface area (Å²) in [6.45, 7) is 0.540. The van der Waals surface area contributed by atoms with Crippen molar-refractivity contribution in [2.45, 2.75) is 32.2 Å². The van der Waals surface area contributed by atoms with Gasteiger partial charge in [0.2, 0.25) is 5.88 Å². The Kier molecular flexibility index (Phi) is 6.48. The number of hydrogen-bond donors (Lipinski definition) is 3. The Hall–Kier alpha value is -3.30. The summed E-state index contributed by atoms with van der Waals surface area (Å²) >= 11 is 6.69. The Bertz CT molecular complexity index is 1490. The summed E-state index contributed by atoms with van der Waals surface area (Å²) in [6.07, 6.45) is 7.27. The maximum absolute atomic E-state index is 10.6. The molecule has 1 aromatic carbocycles. The summed E-state index contributed by atoms with van der Waals surface area (Å²) in [5, 5.41) is 29.0. The average molecular weight is 468 g/mol. The first-order valence-corrected chi connectivity index (χ1v) is 11.3. The van der Waals surface area contributed by atoms with Crippen LogP contribution < -0.4 is 10.8 Å². The zero-order valence-corrected chi connectivity index (χ0v) is 18.7. The van der Waals surface area contributed by atoms with E-state index in [4.69, 9.17) is 27.2 Å². The largest absolute Gasteiger partial charge is 0.493 e. The monoisotopic (exact) mass is 467 g/mol. The number of unbranched alkanes of at least 4 members (excludes halogenated alkanes) is 2. The number of allylic oxidation sites excluding steroid dienone is 1. The van der Waals surface area contributed by atoms with Crippen molar-refractivity contribution in [2.24, 2.45) is 4.99 Å². The number of benzene rings is 1. The van der Waals surface area contributed by atoms with E-state index in [2.05, 4.69) is 4.99 Å². The van der Waals surface area contributed by atoms with Gasteiger partial charge in [0.1, 0.15) is 10.8 Å². The molecule has 2 aromatic heterocycles. The molecule has 3 N–H and O–H groups in total.